The number of aryl methyl sites for hydroxylation is 1. The van der Waals surface area contributed by atoms with Crippen molar-refractivity contribution in [2.45, 2.75) is 26.2 Å². The predicted molar refractivity (Wildman–Crippen MR) is 76.8 cm³/mol. The maximum Gasteiger partial charge on any atom is 0.312 e. The molecule has 0 spiro atoms. The van der Waals surface area contributed by atoms with Gasteiger partial charge in [0.15, 0.2) is 5.75 Å². The average molecular weight is 330 g/mol. The lowest BCUT2D eigenvalue weighted by molar-refractivity contribution is -0.386. The summed E-state index contributed by atoms with van der Waals surface area (Å²) < 4.78 is 6.15. The molecule has 0 radical (unpaired) electrons. The summed E-state index contributed by atoms with van der Waals surface area (Å²) in [6, 6.07) is 3.20. The zero-order chi connectivity index (χ0) is 14.4. The Bertz CT molecular complexity index is 491. The fourth-order valence-electron chi connectivity index (χ4n) is 1.63. The predicted octanol–water partition coefficient (Wildman–Crippen LogP) is 3.15. The molecule has 0 saturated carbocycles. The van der Waals surface area contributed by atoms with Gasteiger partial charge in [-0.15, -0.1) is 0 Å². The molecule has 0 aromatic heterocycles. The fraction of sp³-hybridized carbons (Fsp3) is 0.417. The fourth-order valence-corrected chi connectivity index (χ4v) is 2.19. The number of benzene rings is 1. The second-order valence-electron chi connectivity index (χ2n) is 4.16. The van der Waals surface area contributed by atoms with Gasteiger partial charge >= 0.3 is 5.69 Å². The topological polar surface area (TPSA) is 102 Å². The summed E-state index contributed by atoms with van der Waals surface area (Å²) in [5.74, 6) is 0.446. The molecular formula is C12H16BrN3O3. The summed E-state index contributed by atoms with van der Waals surface area (Å²) in [6.07, 6.45) is 1.95. The van der Waals surface area contributed by atoms with Crippen LogP contribution in [0.3, 0.4) is 0 Å². The summed E-state index contributed by atoms with van der Waals surface area (Å²) in [6.45, 7) is 2.14. The van der Waals surface area contributed by atoms with E-state index in [0.29, 0.717) is 35.2 Å². The van der Waals surface area contributed by atoms with Crippen LogP contribution >= 0.6 is 15.9 Å². The Morgan fingerprint density at radius 1 is 1.53 bits per heavy atom. The van der Waals surface area contributed by atoms with Crippen LogP contribution in [-0.4, -0.2) is 17.4 Å². The zero-order valence-corrected chi connectivity index (χ0v) is 12.2. The van der Waals surface area contributed by atoms with Crippen molar-refractivity contribution in [2.75, 3.05) is 6.61 Å². The van der Waals surface area contributed by atoms with Gasteiger partial charge in [0.05, 0.1) is 17.4 Å². The molecule has 3 N–H and O–H groups in total. The van der Waals surface area contributed by atoms with E-state index in [4.69, 9.17) is 15.9 Å². The van der Waals surface area contributed by atoms with Crippen molar-refractivity contribution in [3.8, 4) is 5.75 Å². The summed E-state index contributed by atoms with van der Waals surface area (Å²) in [5.41, 5.74) is 5.91. The number of hydrogen-bond acceptors (Lipinski definition) is 4. The first-order valence-electron chi connectivity index (χ1n) is 5.82. The third-order valence-corrected chi connectivity index (χ3v) is 2.96. The monoisotopic (exact) mass is 329 g/mol. The molecular weight excluding hydrogens is 314 g/mol. The molecule has 0 fully saturated rings. The van der Waals surface area contributed by atoms with Gasteiger partial charge in [0, 0.05) is 17.0 Å². The second-order valence-corrected chi connectivity index (χ2v) is 5.07. The molecule has 104 valence electrons. The number of ether oxygens (including phenoxy) is 1. The van der Waals surface area contributed by atoms with E-state index in [1.165, 1.54) is 6.07 Å². The third-order valence-electron chi connectivity index (χ3n) is 2.50. The number of amidine groups is 1. The number of nitrogens with one attached hydrogen (secondary N) is 1. The Kier molecular flexibility index (Phi) is 5.75. The molecule has 0 bridgehead atoms. The van der Waals surface area contributed by atoms with Gasteiger partial charge in [-0.2, -0.15) is 0 Å². The van der Waals surface area contributed by atoms with Crippen LogP contribution in [-0.2, 0) is 0 Å². The van der Waals surface area contributed by atoms with E-state index in [0.717, 1.165) is 6.42 Å². The Morgan fingerprint density at radius 3 is 2.79 bits per heavy atom. The second kappa shape index (κ2) is 7.08. The van der Waals surface area contributed by atoms with Gasteiger partial charge in [0.25, 0.3) is 0 Å². The number of rotatable bonds is 7. The quantitative estimate of drug-likeness (QED) is 0.263. The van der Waals surface area contributed by atoms with Gasteiger partial charge < -0.3 is 10.5 Å². The maximum absolute atomic E-state index is 11.0. The minimum absolute atomic E-state index is 0.0431. The number of hydrogen-bond donors (Lipinski definition) is 2. The number of nitro benzene ring substituents is 1. The highest BCUT2D eigenvalue weighted by atomic mass is 79.9. The van der Waals surface area contributed by atoms with E-state index in [9.17, 15) is 10.1 Å². The van der Waals surface area contributed by atoms with E-state index in [1.807, 2.05) is 0 Å². The highest BCUT2D eigenvalue weighted by Crippen LogP contribution is 2.34. The van der Waals surface area contributed by atoms with Gasteiger partial charge in [-0.05, 0) is 31.4 Å². The van der Waals surface area contributed by atoms with E-state index in [2.05, 4.69) is 15.9 Å². The maximum atomic E-state index is 11.0. The number of nitrogens with zero attached hydrogens (tertiary/aromatic N) is 1. The van der Waals surface area contributed by atoms with Crippen molar-refractivity contribution < 1.29 is 9.66 Å². The number of nitro groups is 1. The molecule has 0 saturated heterocycles. The minimum atomic E-state index is -0.456. The molecule has 6 nitrogen and oxygen atoms in total. The van der Waals surface area contributed by atoms with Crippen molar-refractivity contribution in [1.82, 2.24) is 0 Å². The summed E-state index contributed by atoms with van der Waals surface area (Å²) >= 11 is 3.23. The SMILES string of the molecule is Cc1cc(Br)cc([N+](=O)[O-])c1OCCCCC(=N)N. The molecule has 1 aromatic rings. The molecule has 0 atom stereocenters. The lowest BCUT2D eigenvalue weighted by Crippen LogP contribution is -2.09. The van der Waals surface area contributed by atoms with Crippen LogP contribution in [0, 0.1) is 22.4 Å². The van der Waals surface area contributed by atoms with Gasteiger partial charge in [0.2, 0.25) is 0 Å². The summed E-state index contributed by atoms with van der Waals surface area (Å²) in [4.78, 5) is 10.5. The van der Waals surface area contributed by atoms with Crippen LogP contribution in [0.15, 0.2) is 16.6 Å². The molecule has 0 aliphatic carbocycles. The minimum Gasteiger partial charge on any atom is -0.487 e. The third kappa shape index (κ3) is 4.86. The van der Waals surface area contributed by atoms with Gasteiger partial charge in [-0.1, -0.05) is 15.9 Å². The zero-order valence-electron chi connectivity index (χ0n) is 10.6. The van der Waals surface area contributed by atoms with Gasteiger partial charge in [-0.25, -0.2) is 0 Å². The molecule has 7 heteroatoms. The lowest BCUT2D eigenvalue weighted by Gasteiger charge is -2.10. The van der Waals surface area contributed by atoms with Crippen LogP contribution in [0.25, 0.3) is 0 Å². The van der Waals surface area contributed by atoms with Crippen molar-refractivity contribution in [3.05, 3.63) is 32.3 Å². The van der Waals surface area contributed by atoms with Crippen LogP contribution in [0.1, 0.15) is 24.8 Å². The molecule has 0 aliphatic rings. The standard InChI is InChI=1S/C12H16BrN3O3/c1-8-6-9(13)7-10(16(17)18)12(8)19-5-3-2-4-11(14)15/h6-7H,2-5H2,1H3,(H3,14,15). The number of unbranched alkanes of at least 4 members (excludes halogenated alkanes) is 1. The molecule has 0 heterocycles. The Labute approximate surface area is 119 Å². The average Bonchev–Trinajstić information content (AvgIpc) is 2.29. The van der Waals surface area contributed by atoms with Crippen LogP contribution < -0.4 is 10.5 Å². The Balaban J connectivity index is 2.67. The van der Waals surface area contributed by atoms with Crippen molar-refractivity contribution in [3.63, 3.8) is 0 Å². The lowest BCUT2D eigenvalue weighted by atomic mass is 10.2. The highest BCUT2D eigenvalue weighted by Gasteiger charge is 2.18. The first kappa shape index (κ1) is 15.4. The van der Waals surface area contributed by atoms with Gasteiger partial charge in [-0.3, -0.25) is 15.5 Å². The molecule has 1 aromatic carbocycles. The Morgan fingerprint density at radius 2 is 2.21 bits per heavy atom. The molecule has 0 amide bonds. The Hall–Kier alpha value is -1.63. The smallest absolute Gasteiger partial charge is 0.312 e. The molecule has 19 heavy (non-hydrogen) atoms. The molecule has 0 aliphatic heterocycles. The van der Waals surface area contributed by atoms with E-state index < -0.39 is 4.92 Å². The highest BCUT2D eigenvalue weighted by molar-refractivity contribution is 9.10. The number of nitrogens with two attached hydrogens (primary N) is 1. The van der Waals surface area contributed by atoms with Crippen molar-refractivity contribution >= 4 is 27.5 Å². The van der Waals surface area contributed by atoms with E-state index in [-0.39, 0.29) is 11.5 Å². The first-order chi connectivity index (χ1) is 8.91. The van der Waals surface area contributed by atoms with Crippen molar-refractivity contribution in [1.29, 1.82) is 5.41 Å². The van der Waals surface area contributed by atoms with Crippen LogP contribution in [0.5, 0.6) is 5.75 Å². The first-order valence-corrected chi connectivity index (χ1v) is 6.61. The summed E-state index contributed by atoms with van der Waals surface area (Å²) in [7, 11) is 0. The van der Waals surface area contributed by atoms with E-state index in [1.54, 1.807) is 13.0 Å². The van der Waals surface area contributed by atoms with E-state index >= 15 is 0 Å². The summed E-state index contributed by atoms with van der Waals surface area (Å²) in [5, 5.41) is 18.0. The van der Waals surface area contributed by atoms with Crippen LogP contribution in [0.2, 0.25) is 0 Å². The number of halogens is 1. The van der Waals surface area contributed by atoms with Crippen LogP contribution in [0.4, 0.5) is 5.69 Å². The molecule has 0 unspecified atom stereocenters. The molecule has 1 rings (SSSR count). The largest absolute Gasteiger partial charge is 0.487 e. The van der Waals surface area contributed by atoms with Crippen molar-refractivity contribution in [2.24, 2.45) is 5.73 Å². The van der Waals surface area contributed by atoms with Gasteiger partial charge in [0.1, 0.15) is 0 Å². The normalized spacial score (nSPS) is 10.2.